The van der Waals surface area contributed by atoms with Crippen LogP contribution in [0.1, 0.15) is 36.1 Å². The van der Waals surface area contributed by atoms with E-state index in [1.807, 2.05) is 33.8 Å². The minimum absolute atomic E-state index is 0.0332. The molecule has 0 saturated carbocycles. The van der Waals surface area contributed by atoms with Crippen LogP contribution in [0.5, 0.6) is 0 Å². The number of likely N-dealkylation sites (tertiary alicyclic amines) is 1. The molecule has 1 aromatic carbocycles. The van der Waals surface area contributed by atoms with Crippen molar-refractivity contribution in [3.05, 3.63) is 28.3 Å². The monoisotopic (exact) mass is 430 g/mol. The topological polar surface area (TPSA) is 101 Å². The number of hydrogen-bond donors (Lipinski definition) is 1. The third kappa shape index (κ3) is 4.75. The molecule has 1 aliphatic heterocycles. The average Bonchev–Trinajstić information content (AvgIpc) is 2.48. The number of sulfonamides is 1. The third-order valence-corrected chi connectivity index (χ3v) is 9.37. The molecule has 0 atom stereocenters. The van der Waals surface area contributed by atoms with Gasteiger partial charge in [-0.05, 0) is 55.9 Å². The van der Waals surface area contributed by atoms with Crippen molar-refractivity contribution in [3.8, 4) is 0 Å². The second-order valence-corrected chi connectivity index (χ2v) is 12.1. The quantitative estimate of drug-likeness (QED) is 0.706. The van der Waals surface area contributed by atoms with E-state index in [2.05, 4.69) is 4.72 Å². The highest BCUT2D eigenvalue weighted by Crippen LogP contribution is 2.26. The third-order valence-electron chi connectivity index (χ3n) is 5.25. The molecular weight excluding hydrogens is 400 g/mol. The van der Waals surface area contributed by atoms with Gasteiger partial charge in [-0.25, -0.2) is 21.6 Å². The zero-order valence-electron chi connectivity index (χ0n) is 17.4. The summed E-state index contributed by atoms with van der Waals surface area (Å²) in [6, 6.07) is 1.94. The van der Waals surface area contributed by atoms with Crippen molar-refractivity contribution in [3.63, 3.8) is 0 Å². The highest BCUT2D eigenvalue weighted by Gasteiger charge is 2.39. The molecule has 0 radical (unpaired) electrons. The van der Waals surface area contributed by atoms with Crippen molar-refractivity contribution < 1.29 is 21.6 Å². The van der Waals surface area contributed by atoms with E-state index in [1.54, 1.807) is 13.8 Å². The van der Waals surface area contributed by atoms with E-state index in [4.69, 9.17) is 0 Å². The van der Waals surface area contributed by atoms with Gasteiger partial charge in [0.05, 0.1) is 22.4 Å². The molecule has 1 amide bonds. The van der Waals surface area contributed by atoms with Crippen molar-refractivity contribution in [2.24, 2.45) is 5.92 Å². The number of carbonyl (C=O) groups is 1. The van der Waals surface area contributed by atoms with Crippen molar-refractivity contribution >= 4 is 25.8 Å². The number of amides is 1. The highest BCUT2D eigenvalue weighted by atomic mass is 32.2. The van der Waals surface area contributed by atoms with Crippen LogP contribution in [0.3, 0.4) is 0 Å². The van der Waals surface area contributed by atoms with Crippen LogP contribution >= 0.6 is 0 Å². The Morgan fingerprint density at radius 2 is 1.57 bits per heavy atom. The van der Waals surface area contributed by atoms with Gasteiger partial charge in [0.1, 0.15) is 0 Å². The molecular formula is C19H30N2O5S2. The van der Waals surface area contributed by atoms with Crippen LogP contribution in [-0.4, -0.2) is 58.3 Å². The summed E-state index contributed by atoms with van der Waals surface area (Å²) >= 11 is 0. The maximum Gasteiger partial charge on any atom is 0.241 e. The zero-order chi connectivity index (χ0) is 21.4. The standard InChI is InChI=1S/C19H30N2O5S2/c1-12(2)11-27(23,24)17-9-21(10-17)18(22)8-20-28(25,26)19-15(5)13(3)7-14(4)16(19)6/h7,12,17,20H,8-11H2,1-6H3. The van der Waals surface area contributed by atoms with E-state index in [9.17, 15) is 21.6 Å². The molecule has 7 nitrogen and oxygen atoms in total. The molecule has 1 N–H and O–H groups in total. The fourth-order valence-corrected chi connectivity index (χ4v) is 7.00. The van der Waals surface area contributed by atoms with E-state index in [0.717, 1.165) is 11.1 Å². The van der Waals surface area contributed by atoms with Gasteiger partial charge in [0.25, 0.3) is 0 Å². The lowest BCUT2D eigenvalue weighted by Crippen LogP contribution is -2.59. The minimum atomic E-state index is -3.85. The van der Waals surface area contributed by atoms with Crippen molar-refractivity contribution in [1.82, 2.24) is 9.62 Å². The maximum absolute atomic E-state index is 12.8. The smallest absolute Gasteiger partial charge is 0.241 e. The fraction of sp³-hybridized carbons (Fsp3) is 0.632. The van der Waals surface area contributed by atoms with Gasteiger partial charge >= 0.3 is 0 Å². The molecule has 1 heterocycles. The second kappa shape index (κ2) is 8.12. The summed E-state index contributed by atoms with van der Waals surface area (Å²) in [4.78, 5) is 13.9. The number of hydrogen-bond acceptors (Lipinski definition) is 5. The second-order valence-electron chi connectivity index (χ2n) is 8.06. The molecule has 0 aliphatic carbocycles. The van der Waals surface area contributed by atoms with Gasteiger partial charge in [0.15, 0.2) is 9.84 Å². The van der Waals surface area contributed by atoms with E-state index in [-0.39, 0.29) is 36.2 Å². The lowest BCUT2D eigenvalue weighted by Gasteiger charge is -2.39. The number of sulfone groups is 1. The van der Waals surface area contributed by atoms with Gasteiger partial charge < -0.3 is 4.90 Å². The van der Waals surface area contributed by atoms with Gasteiger partial charge in [-0.15, -0.1) is 0 Å². The van der Waals surface area contributed by atoms with Crippen LogP contribution in [0.2, 0.25) is 0 Å². The van der Waals surface area contributed by atoms with Crippen LogP contribution in [0.15, 0.2) is 11.0 Å². The highest BCUT2D eigenvalue weighted by molar-refractivity contribution is 7.92. The van der Waals surface area contributed by atoms with Crippen LogP contribution in [0, 0.1) is 33.6 Å². The van der Waals surface area contributed by atoms with Crippen LogP contribution in [-0.2, 0) is 24.7 Å². The van der Waals surface area contributed by atoms with Gasteiger partial charge in [0.2, 0.25) is 15.9 Å². The number of nitrogens with one attached hydrogen (secondary N) is 1. The zero-order valence-corrected chi connectivity index (χ0v) is 19.0. The van der Waals surface area contributed by atoms with Crippen molar-refractivity contribution in [2.75, 3.05) is 25.4 Å². The molecule has 0 bridgehead atoms. The normalized spacial score (nSPS) is 15.8. The van der Waals surface area contributed by atoms with Crippen LogP contribution < -0.4 is 4.72 Å². The predicted molar refractivity (Wildman–Crippen MR) is 110 cm³/mol. The summed E-state index contributed by atoms with van der Waals surface area (Å²) in [5, 5.41) is -0.556. The lowest BCUT2D eigenvalue weighted by atomic mass is 10.0. The molecule has 1 aromatic rings. The first-order chi connectivity index (χ1) is 12.8. The Balaban J connectivity index is 2.03. The molecule has 0 unspecified atom stereocenters. The molecule has 0 aromatic heterocycles. The molecule has 158 valence electrons. The summed E-state index contributed by atoms with van der Waals surface area (Å²) in [5.41, 5.74) is 3.06. The molecule has 1 aliphatic rings. The summed E-state index contributed by atoms with van der Waals surface area (Å²) < 4.78 is 52.3. The van der Waals surface area contributed by atoms with Crippen LogP contribution in [0.4, 0.5) is 0 Å². The Morgan fingerprint density at radius 1 is 1.07 bits per heavy atom. The first-order valence-electron chi connectivity index (χ1n) is 9.32. The summed E-state index contributed by atoms with van der Waals surface area (Å²) in [6.07, 6.45) is 0. The Hall–Kier alpha value is -1.45. The average molecular weight is 431 g/mol. The number of benzene rings is 1. The van der Waals surface area contributed by atoms with E-state index in [0.29, 0.717) is 11.1 Å². The molecule has 28 heavy (non-hydrogen) atoms. The van der Waals surface area contributed by atoms with E-state index in [1.165, 1.54) is 4.90 Å². The molecule has 1 fully saturated rings. The van der Waals surface area contributed by atoms with Gasteiger partial charge in [-0.1, -0.05) is 19.9 Å². The Kier molecular flexibility index (Phi) is 6.62. The predicted octanol–water partition coefficient (Wildman–Crippen LogP) is 1.48. The molecule has 1 saturated heterocycles. The number of rotatable bonds is 7. The largest absolute Gasteiger partial charge is 0.339 e. The summed E-state index contributed by atoms with van der Waals surface area (Å²) in [5.74, 6) is -0.289. The summed E-state index contributed by atoms with van der Waals surface area (Å²) in [6.45, 7) is 10.7. The number of aryl methyl sites for hydroxylation is 2. The molecule has 2 rings (SSSR count). The molecule has 0 spiro atoms. The number of carbonyl (C=O) groups excluding carboxylic acids is 1. The van der Waals surface area contributed by atoms with E-state index < -0.39 is 31.0 Å². The SMILES string of the molecule is Cc1cc(C)c(C)c(S(=O)(=O)NCC(=O)N2CC(S(=O)(=O)CC(C)C)C2)c1C. The van der Waals surface area contributed by atoms with Crippen molar-refractivity contribution in [2.45, 2.75) is 51.7 Å². The Morgan fingerprint density at radius 3 is 2.04 bits per heavy atom. The first kappa shape index (κ1) is 22.8. The van der Waals surface area contributed by atoms with E-state index >= 15 is 0 Å². The number of nitrogens with zero attached hydrogens (tertiary/aromatic N) is 1. The lowest BCUT2D eigenvalue weighted by molar-refractivity contribution is -0.133. The maximum atomic E-state index is 12.8. The van der Waals surface area contributed by atoms with Crippen LogP contribution in [0.25, 0.3) is 0 Å². The Bertz CT molecular complexity index is 950. The fourth-order valence-electron chi connectivity index (χ4n) is 3.39. The minimum Gasteiger partial charge on any atom is -0.339 e. The van der Waals surface area contributed by atoms with Gasteiger partial charge in [-0.2, -0.15) is 0 Å². The Labute approximate surface area is 168 Å². The van der Waals surface area contributed by atoms with Gasteiger partial charge in [0, 0.05) is 13.1 Å². The van der Waals surface area contributed by atoms with Gasteiger partial charge in [-0.3, -0.25) is 4.79 Å². The molecule has 9 heteroatoms. The first-order valence-corrected chi connectivity index (χ1v) is 12.5. The summed E-state index contributed by atoms with van der Waals surface area (Å²) in [7, 11) is -7.08. The van der Waals surface area contributed by atoms with Crippen molar-refractivity contribution in [1.29, 1.82) is 0 Å².